The van der Waals surface area contributed by atoms with E-state index in [-0.39, 0.29) is 6.04 Å². The maximum atomic E-state index is 13.4. The van der Waals surface area contributed by atoms with Gasteiger partial charge in [0.15, 0.2) is 6.35 Å². The molecule has 1 saturated heterocycles. The Morgan fingerprint density at radius 2 is 1.62 bits per heavy atom. The second-order valence-corrected chi connectivity index (χ2v) is 9.75. The first kappa shape index (κ1) is 26.1. The fraction of sp³-hybridized carbons (Fsp3) is 1.00. The van der Waals surface area contributed by atoms with Gasteiger partial charge >= 0.3 is 6.18 Å². The molecule has 1 aliphatic heterocycles. The zero-order valence-electron chi connectivity index (χ0n) is 19.1. The van der Waals surface area contributed by atoms with Gasteiger partial charge in [-0.05, 0) is 50.9 Å². The third-order valence-electron chi connectivity index (χ3n) is 6.42. The van der Waals surface area contributed by atoms with Gasteiger partial charge in [-0.25, -0.2) is 4.39 Å². The van der Waals surface area contributed by atoms with Crippen LogP contribution in [0.2, 0.25) is 0 Å². The van der Waals surface area contributed by atoms with E-state index in [1.165, 1.54) is 0 Å². The van der Waals surface area contributed by atoms with Gasteiger partial charge in [-0.1, -0.05) is 20.3 Å². The maximum Gasteiger partial charge on any atom is 0.411 e. The third-order valence-corrected chi connectivity index (χ3v) is 6.42. The molecule has 0 amide bonds. The number of alkyl halides is 4. The van der Waals surface area contributed by atoms with Crippen molar-refractivity contribution in [1.82, 2.24) is 31.9 Å². The van der Waals surface area contributed by atoms with Crippen molar-refractivity contribution in [2.75, 3.05) is 13.2 Å². The number of hydrogen-bond donors (Lipinski definition) is 6. The summed E-state index contributed by atoms with van der Waals surface area (Å²) in [6.07, 6.45) is 0.106. The van der Waals surface area contributed by atoms with E-state index in [1.807, 2.05) is 0 Å². The normalized spacial score (nSPS) is 37.0. The molecule has 5 atom stereocenters. The molecule has 1 heterocycles. The number of halogens is 4. The lowest BCUT2D eigenvalue weighted by molar-refractivity contribution is -0.199. The average molecular weight is 469 g/mol. The second kappa shape index (κ2) is 12.2. The van der Waals surface area contributed by atoms with Crippen LogP contribution >= 0.6 is 0 Å². The van der Waals surface area contributed by atoms with Crippen molar-refractivity contribution in [2.24, 2.45) is 5.92 Å². The first-order valence-electron chi connectivity index (χ1n) is 12.0. The molecule has 0 spiro atoms. The highest BCUT2D eigenvalue weighted by Crippen LogP contribution is 2.25. The number of hydrogen-bond acceptors (Lipinski definition) is 7. The van der Waals surface area contributed by atoms with Crippen molar-refractivity contribution in [2.45, 2.75) is 115 Å². The van der Waals surface area contributed by atoms with Crippen LogP contribution < -0.4 is 31.9 Å². The van der Waals surface area contributed by atoms with Crippen molar-refractivity contribution in [3.8, 4) is 0 Å². The molecular weight excluding hydrogens is 428 g/mol. The summed E-state index contributed by atoms with van der Waals surface area (Å²) in [5.74, 6) is 0.364. The Balaban J connectivity index is 1.52. The fourth-order valence-electron chi connectivity index (χ4n) is 4.91. The van der Waals surface area contributed by atoms with Crippen LogP contribution in [0.1, 0.15) is 65.2 Å². The molecule has 5 unspecified atom stereocenters. The standard InChI is InChI=1S/C21H40F4N6O/c1-13(2)27-16-4-3-5-17(10-16)28-19-29-18(26-11-14-6-8-15(22)9-7-14)30-20(31-19)32-12-21(23,24)25/h13-20,26-31H,3-12H2,1-2H3. The highest BCUT2D eigenvalue weighted by molar-refractivity contribution is 4.87. The quantitative estimate of drug-likeness (QED) is 0.290. The highest BCUT2D eigenvalue weighted by Gasteiger charge is 2.34. The Hall–Kier alpha value is -0.560. The summed E-state index contributed by atoms with van der Waals surface area (Å²) in [6, 6.07) is 1.08. The van der Waals surface area contributed by atoms with Gasteiger partial charge in [0, 0.05) is 24.7 Å². The third kappa shape index (κ3) is 9.36. The zero-order chi connectivity index (χ0) is 23.1. The predicted octanol–water partition coefficient (Wildman–Crippen LogP) is 2.22. The first-order chi connectivity index (χ1) is 15.2. The van der Waals surface area contributed by atoms with Crippen molar-refractivity contribution in [3.05, 3.63) is 0 Å². The van der Waals surface area contributed by atoms with Crippen LogP contribution in [-0.2, 0) is 4.74 Å². The van der Waals surface area contributed by atoms with Gasteiger partial charge in [0.05, 0.1) is 0 Å². The topological polar surface area (TPSA) is 81.4 Å². The van der Waals surface area contributed by atoms with E-state index in [0.29, 0.717) is 37.4 Å². The molecule has 2 aliphatic carbocycles. The summed E-state index contributed by atoms with van der Waals surface area (Å²) in [7, 11) is 0. The minimum absolute atomic E-state index is 0.242. The Bertz CT molecular complexity index is 547. The van der Waals surface area contributed by atoms with Crippen LogP contribution in [0, 0.1) is 5.92 Å². The molecule has 0 aromatic heterocycles. The van der Waals surface area contributed by atoms with E-state index < -0.39 is 37.9 Å². The summed E-state index contributed by atoms with van der Waals surface area (Å²) in [6.45, 7) is 3.60. The second-order valence-electron chi connectivity index (χ2n) is 9.75. The van der Waals surface area contributed by atoms with E-state index >= 15 is 0 Å². The largest absolute Gasteiger partial charge is 0.411 e. The predicted molar refractivity (Wildman–Crippen MR) is 115 cm³/mol. The monoisotopic (exact) mass is 468 g/mol. The zero-order valence-corrected chi connectivity index (χ0v) is 19.1. The molecule has 0 radical (unpaired) electrons. The molecule has 32 heavy (non-hydrogen) atoms. The summed E-state index contributed by atoms with van der Waals surface area (Å²) in [5.41, 5.74) is 0. The molecule has 11 heteroatoms. The van der Waals surface area contributed by atoms with E-state index in [1.54, 1.807) is 0 Å². The van der Waals surface area contributed by atoms with Crippen LogP contribution in [0.3, 0.4) is 0 Å². The van der Waals surface area contributed by atoms with Crippen molar-refractivity contribution >= 4 is 0 Å². The van der Waals surface area contributed by atoms with Gasteiger partial charge < -0.3 is 10.1 Å². The van der Waals surface area contributed by atoms with Crippen LogP contribution in [0.4, 0.5) is 17.6 Å². The van der Waals surface area contributed by atoms with Crippen LogP contribution in [0.15, 0.2) is 0 Å². The first-order valence-corrected chi connectivity index (χ1v) is 12.0. The lowest BCUT2D eigenvalue weighted by Gasteiger charge is -2.42. The Labute approximate surface area is 188 Å². The molecule has 3 aliphatic rings. The Kier molecular flexibility index (Phi) is 9.96. The van der Waals surface area contributed by atoms with E-state index in [9.17, 15) is 17.6 Å². The van der Waals surface area contributed by atoms with Crippen LogP contribution in [0.25, 0.3) is 0 Å². The lowest BCUT2D eigenvalue weighted by Crippen LogP contribution is -2.76. The molecular formula is C21H40F4N6O. The smallest absolute Gasteiger partial charge is 0.340 e. The summed E-state index contributed by atoms with van der Waals surface area (Å²) < 4.78 is 56.5. The fourth-order valence-corrected chi connectivity index (χ4v) is 4.91. The molecule has 0 aromatic carbocycles. The van der Waals surface area contributed by atoms with Crippen LogP contribution in [0.5, 0.6) is 0 Å². The molecule has 7 nitrogen and oxygen atoms in total. The Morgan fingerprint density at radius 1 is 0.938 bits per heavy atom. The van der Waals surface area contributed by atoms with Gasteiger partial charge in [0.2, 0.25) is 0 Å². The minimum atomic E-state index is -4.40. The van der Waals surface area contributed by atoms with E-state index in [0.717, 1.165) is 38.5 Å². The number of ether oxygens (including phenoxy) is 1. The molecule has 0 aromatic rings. The van der Waals surface area contributed by atoms with Crippen molar-refractivity contribution in [1.29, 1.82) is 0 Å². The summed E-state index contributed by atoms with van der Waals surface area (Å²) in [5, 5.41) is 19.8. The molecule has 0 bridgehead atoms. The van der Waals surface area contributed by atoms with Gasteiger partial charge in [-0.2, -0.15) is 13.2 Å². The molecule has 188 valence electrons. The SMILES string of the molecule is CC(C)NC1CCCC(NC2NC(NCC3CCC(F)CC3)NC(OCC(F)(F)F)N2)C1. The van der Waals surface area contributed by atoms with Gasteiger partial charge in [0.25, 0.3) is 0 Å². The van der Waals surface area contributed by atoms with E-state index in [2.05, 4.69) is 45.7 Å². The maximum absolute atomic E-state index is 13.4. The highest BCUT2D eigenvalue weighted by atomic mass is 19.4. The average Bonchev–Trinajstić information content (AvgIpc) is 2.71. The molecule has 3 fully saturated rings. The van der Waals surface area contributed by atoms with Crippen molar-refractivity contribution < 1.29 is 22.3 Å². The minimum Gasteiger partial charge on any atom is -0.340 e. The molecule has 6 N–H and O–H groups in total. The van der Waals surface area contributed by atoms with E-state index in [4.69, 9.17) is 4.74 Å². The van der Waals surface area contributed by atoms with Gasteiger partial charge in [-0.3, -0.25) is 26.6 Å². The van der Waals surface area contributed by atoms with Crippen molar-refractivity contribution in [3.63, 3.8) is 0 Å². The molecule has 2 saturated carbocycles. The van der Waals surface area contributed by atoms with Gasteiger partial charge in [-0.15, -0.1) is 0 Å². The summed E-state index contributed by atoms with van der Waals surface area (Å²) >= 11 is 0. The summed E-state index contributed by atoms with van der Waals surface area (Å²) in [4.78, 5) is 0. The number of nitrogens with one attached hydrogen (secondary N) is 6. The Morgan fingerprint density at radius 3 is 2.31 bits per heavy atom. The number of rotatable bonds is 9. The molecule has 3 rings (SSSR count). The van der Waals surface area contributed by atoms with Gasteiger partial charge in [0.1, 0.15) is 25.4 Å². The lowest BCUT2D eigenvalue weighted by atomic mass is 9.88. The van der Waals surface area contributed by atoms with Crippen LogP contribution in [-0.4, -0.2) is 62.6 Å².